The van der Waals surface area contributed by atoms with Crippen LogP contribution in [0.25, 0.3) is 10.9 Å². The van der Waals surface area contributed by atoms with Crippen molar-refractivity contribution in [3.05, 3.63) is 122 Å². The summed E-state index contributed by atoms with van der Waals surface area (Å²) in [5.74, 6) is 4.01. The molecule has 0 aliphatic carbocycles. The predicted octanol–water partition coefficient (Wildman–Crippen LogP) is 8.78. The van der Waals surface area contributed by atoms with Gasteiger partial charge in [-0.15, -0.1) is 0 Å². The van der Waals surface area contributed by atoms with Gasteiger partial charge in [-0.05, 0) is 66.7 Å². The van der Waals surface area contributed by atoms with Gasteiger partial charge in [-0.25, -0.2) is 9.97 Å². The Morgan fingerprint density at radius 3 is 1.47 bits per heavy atom. The Hall–Kier alpha value is -5.36. The van der Waals surface area contributed by atoms with E-state index in [4.69, 9.17) is 14.5 Å². The van der Waals surface area contributed by atoms with Crippen molar-refractivity contribution in [1.82, 2.24) is 9.97 Å². The lowest BCUT2D eigenvalue weighted by Crippen LogP contribution is -2.18. The van der Waals surface area contributed by atoms with Crippen LogP contribution in [0, 0.1) is 0 Å². The van der Waals surface area contributed by atoms with Crippen LogP contribution in [0.2, 0.25) is 0 Å². The molecule has 3 heterocycles. The monoisotopic (exact) mass is 492 g/mol. The van der Waals surface area contributed by atoms with Gasteiger partial charge in [0.05, 0.1) is 28.3 Å². The van der Waals surface area contributed by atoms with Gasteiger partial charge in [0.2, 0.25) is 0 Å². The Labute approximate surface area is 219 Å². The molecule has 180 valence electrons. The van der Waals surface area contributed by atoms with Gasteiger partial charge in [-0.2, -0.15) is 0 Å². The molecule has 38 heavy (non-hydrogen) atoms. The smallest absolute Gasteiger partial charge is 0.151 e. The predicted molar refractivity (Wildman–Crippen MR) is 149 cm³/mol. The lowest BCUT2D eigenvalue weighted by molar-refractivity contribution is 0.476. The minimum atomic E-state index is 0.788. The minimum absolute atomic E-state index is 0.788. The topological polar surface area (TPSA) is 50.7 Å². The molecular formula is C32H20N4O2. The largest absolute Gasteiger partial charge is 0.453 e. The third-order valence-corrected chi connectivity index (χ3v) is 6.93. The molecule has 6 aromatic rings. The van der Waals surface area contributed by atoms with E-state index in [9.17, 15) is 0 Å². The molecule has 0 fully saturated rings. The highest BCUT2D eigenvalue weighted by Crippen LogP contribution is 2.52. The summed E-state index contributed by atoms with van der Waals surface area (Å²) in [4.78, 5) is 13.8. The number of fused-ring (bicyclic) bond motifs is 5. The second-order valence-corrected chi connectivity index (χ2v) is 9.14. The number of nitrogens with zero attached hydrogens (tertiary/aromatic N) is 4. The maximum atomic E-state index is 6.20. The average Bonchev–Trinajstić information content (AvgIpc) is 2.98. The standard InChI is InChI=1S/C32H20N4O2/c1-5-13-28-24(9-1)35(25-10-2-6-14-29(25)37-28)21-17-18-22-23(19-21)33-20-34-32(22)36-26-11-3-7-15-30(26)38-31-16-8-4-12-27(31)36/h1-20H. The van der Waals surface area contributed by atoms with Crippen LogP contribution in [0.1, 0.15) is 0 Å². The van der Waals surface area contributed by atoms with Gasteiger partial charge in [-0.1, -0.05) is 48.5 Å². The van der Waals surface area contributed by atoms with E-state index in [0.717, 1.165) is 68.2 Å². The molecule has 1 aromatic heterocycles. The molecular weight excluding hydrogens is 472 g/mol. The van der Waals surface area contributed by atoms with E-state index >= 15 is 0 Å². The zero-order valence-corrected chi connectivity index (χ0v) is 20.2. The van der Waals surface area contributed by atoms with Gasteiger partial charge >= 0.3 is 0 Å². The summed E-state index contributed by atoms with van der Waals surface area (Å²) in [7, 11) is 0. The Morgan fingerprint density at radius 2 is 0.947 bits per heavy atom. The van der Waals surface area contributed by atoms with Gasteiger partial charge in [-0.3, -0.25) is 4.90 Å². The second-order valence-electron chi connectivity index (χ2n) is 9.14. The third kappa shape index (κ3) is 3.07. The van der Waals surface area contributed by atoms with Crippen molar-refractivity contribution in [2.24, 2.45) is 0 Å². The third-order valence-electron chi connectivity index (χ3n) is 6.93. The molecule has 0 saturated heterocycles. The minimum Gasteiger partial charge on any atom is -0.453 e. The van der Waals surface area contributed by atoms with Crippen LogP contribution in [0.3, 0.4) is 0 Å². The molecule has 0 N–H and O–H groups in total. The molecule has 0 spiro atoms. The lowest BCUT2D eigenvalue weighted by atomic mass is 10.1. The summed E-state index contributed by atoms with van der Waals surface area (Å²) >= 11 is 0. The summed E-state index contributed by atoms with van der Waals surface area (Å²) in [6.45, 7) is 0. The van der Waals surface area contributed by atoms with Gasteiger partial charge in [0.25, 0.3) is 0 Å². The maximum Gasteiger partial charge on any atom is 0.151 e. The van der Waals surface area contributed by atoms with Crippen LogP contribution in [-0.4, -0.2) is 9.97 Å². The van der Waals surface area contributed by atoms with E-state index in [1.165, 1.54) is 0 Å². The highest BCUT2D eigenvalue weighted by atomic mass is 16.5. The van der Waals surface area contributed by atoms with Crippen LogP contribution in [0.15, 0.2) is 122 Å². The molecule has 0 saturated carbocycles. The van der Waals surface area contributed by atoms with Gasteiger partial charge in [0.1, 0.15) is 12.1 Å². The number of hydrogen-bond donors (Lipinski definition) is 0. The molecule has 6 nitrogen and oxygen atoms in total. The number of para-hydroxylation sites is 8. The molecule has 0 amide bonds. The SMILES string of the molecule is c1ccc2c(c1)Oc1ccccc1N2c1ccc2c(N3c4ccccc4Oc4ccccc43)ncnc2c1. The highest BCUT2D eigenvalue weighted by Gasteiger charge is 2.29. The summed E-state index contributed by atoms with van der Waals surface area (Å²) in [6.07, 6.45) is 1.63. The van der Waals surface area contributed by atoms with Crippen LogP contribution in [0.4, 0.5) is 34.3 Å². The molecule has 6 heteroatoms. The van der Waals surface area contributed by atoms with Crippen molar-refractivity contribution in [2.75, 3.05) is 9.80 Å². The fourth-order valence-electron chi connectivity index (χ4n) is 5.26. The fourth-order valence-corrected chi connectivity index (χ4v) is 5.26. The number of ether oxygens (including phenoxy) is 2. The zero-order chi connectivity index (χ0) is 25.1. The van der Waals surface area contributed by atoms with E-state index in [-0.39, 0.29) is 0 Å². The number of aromatic nitrogens is 2. The fraction of sp³-hybridized carbons (Fsp3) is 0. The Balaban J connectivity index is 1.32. The first-order valence-corrected chi connectivity index (χ1v) is 12.4. The highest BCUT2D eigenvalue weighted by molar-refractivity contribution is 5.99. The zero-order valence-electron chi connectivity index (χ0n) is 20.2. The Kier molecular flexibility index (Phi) is 4.42. The van der Waals surface area contributed by atoms with E-state index in [1.54, 1.807) is 6.33 Å². The van der Waals surface area contributed by atoms with Gasteiger partial charge < -0.3 is 14.4 Å². The van der Waals surface area contributed by atoms with Crippen LogP contribution >= 0.6 is 0 Å². The van der Waals surface area contributed by atoms with Crippen molar-refractivity contribution in [3.63, 3.8) is 0 Å². The van der Waals surface area contributed by atoms with Crippen molar-refractivity contribution < 1.29 is 9.47 Å². The summed E-state index contributed by atoms with van der Waals surface area (Å²) in [5.41, 5.74) is 5.67. The first-order chi connectivity index (χ1) is 18.8. The van der Waals surface area contributed by atoms with E-state index in [0.29, 0.717) is 0 Å². The maximum absolute atomic E-state index is 6.20. The van der Waals surface area contributed by atoms with Crippen molar-refractivity contribution >= 4 is 45.2 Å². The van der Waals surface area contributed by atoms with E-state index in [2.05, 4.69) is 57.2 Å². The molecule has 5 aromatic carbocycles. The van der Waals surface area contributed by atoms with Gasteiger partial charge in [0.15, 0.2) is 23.0 Å². The molecule has 0 atom stereocenters. The second kappa shape index (κ2) is 8.08. The Morgan fingerprint density at radius 1 is 0.474 bits per heavy atom. The summed E-state index contributed by atoms with van der Waals surface area (Å²) < 4.78 is 12.4. The molecule has 2 aliphatic rings. The van der Waals surface area contributed by atoms with Crippen LogP contribution < -0.4 is 19.3 Å². The number of rotatable bonds is 2. The molecule has 0 bridgehead atoms. The number of benzene rings is 5. The number of hydrogen-bond acceptors (Lipinski definition) is 6. The molecule has 0 radical (unpaired) electrons. The van der Waals surface area contributed by atoms with E-state index in [1.807, 2.05) is 72.8 Å². The van der Waals surface area contributed by atoms with Crippen molar-refractivity contribution in [1.29, 1.82) is 0 Å². The van der Waals surface area contributed by atoms with E-state index < -0.39 is 0 Å². The van der Waals surface area contributed by atoms with Crippen LogP contribution in [-0.2, 0) is 0 Å². The normalized spacial score (nSPS) is 13.1. The first kappa shape index (κ1) is 20.8. The van der Waals surface area contributed by atoms with Crippen molar-refractivity contribution in [2.45, 2.75) is 0 Å². The number of anilines is 6. The average molecular weight is 493 g/mol. The molecule has 0 unspecified atom stereocenters. The summed E-state index contributed by atoms with van der Waals surface area (Å²) in [6, 6.07) is 38.5. The molecule has 8 rings (SSSR count). The quantitative estimate of drug-likeness (QED) is 0.240. The van der Waals surface area contributed by atoms with Crippen LogP contribution in [0.5, 0.6) is 23.0 Å². The molecule has 2 aliphatic heterocycles. The Bertz CT molecular complexity index is 1780. The first-order valence-electron chi connectivity index (χ1n) is 12.4. The lowest BCUT2D eigenvalue weighted by Gasteiger charge is -2.33. The van der Waals surface area contributed by atoms with Crippen molar-refractivity contribution in [3.8, 4) is 23.0 Å². The van der Waals surface area contributed by atoms with Gasteiger partial charge in [0, 0.05) is 11.1 Å². The summed E-state index contributed by atoms with van der Waals surface area (Å²) in [5, 5.41) is 0.942.